The van der Waals surface area contributed by atoms with Crippen LogP contribution in [0.5, 0.6) is 0 Å². The molecule has 1 aromatic carbocycles. The third kappa shape index (κ3) is 5.06. The normalized spacial score (nSPS) is 11.6. The number of amides is 3. The molecule has 2 rings (SSSR count). The Hall–Kier alpha value is -2.41. The molecule has 24 heavy (non-hydrogen) atoms. The summed E-state index contributed by atoms with van der Waals surface area (Å²) in [5, 5.41) is 11.3. The molecule has 6 nitrogen and oxygen atoms in total. The molecule has 0 radical (unpaired) electrons. The van der Waals surface area contributed by atoms with Crippen LogP contribution in [0.15, 0.2) is 29.6 Å². The number of carbonyl (C=O) groups is 2. The summed E-state index contributed by atoms with van der Waals surface area (Å²) >= 11 is 1.60. The van der Waals surface area contributed by atoms with Crippen LogP contribution in [-0.2, 0) is 0 Å². The van der Waals surface area contributed by atoms with Gasteiger partial charge in [-0.3, -0.25) is 4.79 Å². The number of aryl methyl sites for hydroxylation is 1. The minimum atomic E-state index is -0.277. The predicted octanol–water partition coefficient (Wildman–Crippen LogP) is 3.13. The first-order valence-corrected chi connectivity index (χ1v) is 8.72. The fourth-order valence-corrected chi connectivity index (χ4v) is 2.93. The van der Waals surface area contributed by atoms with Crippen LogP contribution in [0.2, 0.25) is 0 Å². The summed E-state index contributed by atoms with van der Waals surface area (Å²) in [4.78, 5) is 28.1. The molecule has 0 aliphatic carbocycles. The van der Waals surface area contributed by atoms with E-state index in [1.54, 1.807) is 35.6 Å². The summed E-state index contributed by atoms with van der Waals surface area (Å²) in [6.07, 6.45) is 0. The number of nitrogens with one attached hydrogen (secondary N) is 3. The SMILES string of the molecule is CCNC(=O)c1ccc(NC(=O)NC[C@@H](C)c2nc(C)cs2)cc1. The van der Waals surface area contributed by atoms with Crippen LogP contribution in [0.1, 0.15) is 40.8 Å². The molecule has 1 heterocycles. The highest BCUT2D eigenvalue weighted by Crippen LogP contribution is 2.18. The lowest BCUT2D eigenvalue weighted by atomic mass is 10.2. The molecular weight excluding hydrogens is 324 g/mol. The second-order valence-corrected chi connectivity index (χ2v) is 6.39. The van der Waals surface area contributed by atoms with Gasteiger partial charge in [-0.1, -0.05) is 6.92 Å². The van der Waals surface area contributed by atoms with Crippen LogP contribution in [0.25, 0.3) is 0 Å². The van der Waals surface area contributed by atoms with Gasteiger partial charge in [0.15, 0.2) is 0 Å². The number of urea groups is 1. The number of benzene rings is 1. The lowest BCUT2D eigenvalue weighted by molar-refractivity contribution is 0.0956. The molecule has 1 atom stereocenters. The van der Waals surface area contributed by atoms with Crippen LogP contribution in [-0.4, -0.2) is 30.0 Å². The highest BCUT2D eigenvalue weighted by molar-refractivity contribution is 7.09. The molecule has 0 fully saturated rings. The molecule has 3 N–H and O–H groups in total. The number of aromatic nitrogens is 1. The second-order valence-electron chi connectivity index (χ2n) is 5.50. The Kier molecular flexibility index (Phi) is 6.31. The molecule has 3 amide bonds. The maximum absolute atomic E-state index is 12.0. The quantitative estimate of drug-likeness (QED) is 0.751. The lowest BCUT2D eigenvalue weighted by Crippen LogP contribution is -2.31. The van der Waals surface area contributed by atoms with Crippen LogP contribution in [0.4, 0.5) is 10.5 Å². The highest BCUT2D eigenvalue weighted by atomic mass is 32.1. The third-order valence-corrected chi connectivity index (χ3v) is 4.56. The minimum Gasteiger partial charge on any atom is -0.352 e. The molecule has 0 bridgehead atoms. The molecule has 1 aromatic heterocycles. The first-order valence-electron chi connectivity index (χ1n) is 7.84. The molecule has 7 heteroatoms. The molecule has 0 unspecified atom stereocenters. The first-order chi connectivity index (χ1) is 11.5. The smallest absolute Gasteiger partial charge is 0.319 e. The molecule has 0 aliphatic rings. The van der Waals surface area contributed by atoms with E-state index in [1.165, 1.54) is 0 Å². The molecule has 0 saturated carbocycles. The lowest BCUT2D eigenvalue weighted by Gasteiger charge is -2.11. The van der Waals surface area contributed by atoms with Gasteiger partial charge < -0.3 is 16.0 Å². The van der Waals surface area contributed by atoms with Crippen molar-refractivity contribution < 1.29 is 9.59 Å². The van der Waals surface area contributed by atoms with Crippen molar-refractivity contribution in [2.45, 2.75) is 26.7 Å². The van der Waals surface area contributed by atoms with Crippen molar-refractivity contribution in [3.05, 3.63) is 45.9 Å². The van der Waals surface area contributed by atoms with E-state index in [1.807, 2.05) is 26.2 Å². The van der Waals surface area contributed by atoms with Crippen molar-refractivity contribution >= 4 is 29.0 Å². The van der Waals surface area contributed by atoms with Crippen LogP contribution in [0.3, 0.4) is 0 Å². The van der Waals surface area contributed by atoms with Gasteiger partial charge in [0.2, 0.25) is 0 Å². The molecule has 2 aromatic rings. The Bertz CT molecular complexity index is 697. The summed E-state index contributed by atoms with van der Waals surface area (Å²) in [7, 11) is 0. The van der Waals surface area contributed by atoms with Gasteiger partial charge in [0.1, 0.15) is 0 Å². The van der Waals surface area contributed by atoms with Gasteiger partial charge >= 0.3 is 6.03 Å². The summed E-state index contributed by atoms with van der Waals surface area (Å²) < 4.78 is 0. The number of hydrogen-bond acceptors (Lipinski definition) is 4. The largest absolute Gasteiger partial charge is 0.352 e. The standard InChI is InChI=1S/C17H22N4O2S/c1-4-18-15(22)13-5-7-14(8-6-13)21-17(23)19-9-11(2)16-20-12(3)10-24-16/h5-8,10-11H,4,9H2,1-3H3,(H,18,22)(H2,19,21,23)/t11-/m1/s1. The second kappa shape index (κ2) is 8.44. The van der Waals surface area contributed by atoms with Crippen molar-refractivity contribution in [3.8, 4) is 0 Å². The number of nitrogens with zero attached hydrogens (tertiary/aromatic N) is 1. The Labute approximate surface area is 145 Å². The predicted molar refractivity (Wildman–Crippen MR) is 96.7 cm³/mol. The zero-order chi connectivity index (χ0) is 17.5. The van der Waals surface area contributed by atoms with Crippen molar-refractivity contribution in [2.24, 2.45) is 0 Å². The van der Waals surface area contributed by atoms with E-state index in [9.17, 15) is 9.59 Å². The number of rotatable bonds is 6. The first kappa shape index (κ1) is 17.9. The summed E-state index contributed by atoms with van der Waals surface area (Å²) in [5.41, 5.74) is 2.20. The maximum Gasteiger partial charge on any atom is 0.319 e. The average Bonchev–Trinajstić information content (AvgIpc) is 3.00. The van der Waals surface area contributed by atoms with Crippen LogP contribution < -0.4 is 16.0 Å². The van der Waals surface area contributed by atoms with Crippen molar-refractivity contribution in [2.75, 3.05) is 18.4 Å². The summed E-state index contributed by atoms with van der Waals surface area (Å²) in [6, 6.07) is 6.50. The molecular formula is C17H22N4O2S. The van der Waals surface area contributed by atoms with E-state index in [0.29, 0.717) is 24.3 Å². The number of carbonyl (C=O) groups excluding carboxylic acids is 2. The van der Waals surface area contributed by atoms with E-state index in [-0.39, 0.29) is 17.9 Å². The molecule has 0 spiro atoms. The molecule has 128 valence electrons. The monoisotopic (exact) mass is 346 g/mol. The maximum atomic E-state index is 12.0. The Morgan fingerprint density at radius 2 is 1.92 bits per heavy atom. The Balaban J connectivity index is 1.82. The van der Waals surface area contributed by atoms with Crippen molar-refractivity contribution in [1.29, 1.82) is 0 Å². The van der Waals surface area contributed by atoms with Crippen molar-refractivity contribution in [1.82, 2.24) is 15.6 Å². The van der Waals surface area contributed by atoms with E-state index < -0.39 is 0 Å². The molecule has 0 saturated heterocycles. The van der Waals surface area contributed by atoms with E-state index in [4.69, 9.17) is 0 Å². The topological polar surface area (TPSA) is 83.1 Å². The zero-order valence-corrected chi connectivity index (χ0v) is 14.9. The fraction of sp³-hybridized carbons (Fsp3) is 0.353. The summed E-state index contributed by atoms with van der Waals surface area (Å²) in [6.45, 7) is 6.94. The number of anilines is 1. The van der Waals surface area contributed by atoms with Gasteiger partial charge in [-0.2, -0.15) is 0 Å². The Morgan fingerprint density at radius 1 is 1.21 bits per heavy atom. The number of hydrogen-bond donors (Lipinski definition) is 3. The van der Waals surface area contributed by atoms with E-state index in [2.05, 4.69) is 20.9 Å². The van der Waals surface area contributed by atoms with Gasteiger partial charge in [-0.05, 0) is 38.1 Å². The van der Waals surface area contributed by atoms with Gasteiger partial charge in [0, 0.05) is 41.3 Å². The van der Waals surface area contributed by atoms with Crippen molar-refractivity contribution in [3.63, 3.8) is 0 Å². The Morgan fingerprint density at radius 3 is 2.50 bits per heavy atom. The van der Waals surface area contributed by atoms with Gasteiger partial charge in [0.05, 0.1) is 5.01 Å². The van der Waals surface area contributed by atoms with E-state index >= 15 is 0 Å². The van der Waals surface area contributed by atoms with E-state index in [0.717, 1.165) is 10.7 Å². The third-order valence-electron chi connectivity index (χ3n) is 3.37. The zero-order valence-electron chi connectivity index (χ0n) is 14.1. The summed E-state index contributed by atoms with van der Waals surface area (Å²) in [5.74, 6) is 0.0376. The van der Waals surface area contributed by atoms with Gasteiger partial charge in [0.25, 0.3) is 5.91 Å². The number of thiazole rings is 1. The van der Waals surface area contributed by atoms with Gasteiger partial charge in [-0.25, -0.2) is 9.78 Å². The van der Waals surface area contributed by atoms with Gasteiger partial charge in [-0.15, -0.1) is 11.3 Å². The fourth-order valence-electron chi connectivity index (χ4n) is 2.07. The molecule has 0 aliphatic heterocycles. The van der Waals surface area contributed by atoms with Crippen LogP contribution >= 0.6 is 11.3 Å². The van der Waals surface area contributed by atoms with Crippen LogP contribution in [0, 0.1) is 6.92 Å². The highest BCUT2D eigenvalue weighted by Gasteiger charge is 2.11. The average molecular weight is 346 g/mol. The minimum absolute atomic E-state index is 0.124.